The Kier molecular flexibility index (Phi) is 3.23. The fraction of sp³-hybridized carbons (Fsp3) is 0.636. The molecule has 1 atom stereocenters. The fourth-order valence-corrected chi connectivity index (χ4v) is 1.64. The number of cyclic esters (lactones) is 1. The van der Waals surface area contributed by atoms with Crippen molar-refractivity contribution in [2.75, 3.05) is 0 Å². The summed E-state index contributed by atoms with van der Waals surface area (Å²) in [7, 11) is 0. The average molecular weight is 266 g/mol. The second kappa shape index (κ2) is 4.00. The smallest absolute Gasteiger partial charge is 0.439 e. The van der Waals surface area contributed by atoms with Crippen LogP contribution in [0.4, 0.5) is 13.2 Å². The Morgan fingerprint density at radius 1 is 1.44 bits per heavy atom. The summed E-state index contributed by atoms with van der Waals surface area (Å²) in [6.07, 6.45) is -5.82. The Bertz CT molecular complexity index is 411. The van der Waals surface area contributed by atoms with Crippen molar-refractivity contribution in [3.63, 3.8) is 0 Å². The first-order valence-electron chi connectivity index (χ1n) is 5.10. The van der Waals surface area contributed by atoms with Crippen molar-refractivity contribution in [1.29, 1.82) is 0 Å². The summed E-state index contributed by atoms with van der Waals surface area (Å²) in [6, 6.07) is 0. The monoisotopic (exact) mass is 266 g/mol. The van der Waals surface area contributed by atoms with E-state index in [0.717, 1.165) is 0 Å². The second-order valence-corrected chi connectivity index (χ2v) is 4.82. The van der Waals surface area contributed by atoms with Gasteiger partial charge in [0, 0.05) is 12.0 Å². The Hall–Kier alpha value is -1.53. The molecule has 0 N–H and O–H groups in total. The van der Waals surface area contributed by atoms with Gasteiger partial charge in [-0.15, -0.1) is 0 Å². The quantitative estimate of drug-likeness (QED) is 0.567. The summed E-state index contributed by atoms with van der Waals surface area (Å²) in [4.78, 5) is 22.7. The highest BCUT2D eigenvalue weighted by atomic mass is 19.4. The lowest BCUT2D eigenvalue weighted by molar-refractivity contribution is -0.259. The Balaban J connectivity index is 3.18. The number of carbonyl (C=O) groups is 2. The van der Waals surface area contributed by atoms with E-state index in [1.54, 1.807) is 0 Å². The van der Waals surface area contributed by atoms with Crippen molar-refractivity contribution >= 4 is 11.9 Å². The molecule has 0 amide bonds. The molecule has 18 heavy (non-hydrogen) atoms. The molecule has 0 aromatic heterocycles. The third kappa shape index (κ3) is 2.34. The molecule has 0 bridgehead atoms. The summed E-state index contributed by atoms with van der Waals surface area (Å²) >= 11 is 0. The minimum atomic E-state index is -5.04. The topological polar surface area (TPSA) is 52.6 Å². The molecule has 102 valence electrons. The zero-order valence-corrected chi connectivity index (χ0v) is 10.2. The van der Waals surface area contributed by atoms with Crippen molar-refractivity contribution < 1.29 is 32.2 Å². The minimum Gasteiger partial charge on any atom is -0.456 e. The zero-order valence-electron chi connectivity index (χ0n) is 10.2. The van der Waals surface area contributed by atoms with E-state index in [2.05, 4.69) is 16.1 Å². The van der Waals surface area contributed by atoms with E-state index in [1.807, 2.05) is 0 Å². The molecule has 1 rings (SSSR count). The maximum Gasteiger partial charge on any atom is 0.439 e. The first-order chi connectivity index (χ1) is 7.91. The van der Waals surface area contributed by atoms with E-state index in [0.29, 0.717) is 0 Å². The van der Waals surface area contributed by atoms with Gasteiger partial charge >= 0.3 is 23.7 Å². The van der Waals surface area contributed by atoms with Gasteiger partial charge in [0.1, 0.15) is 5.60 Å². The number of halogens is 3. The maximum atomic E-state index is 13.0. The van der Waals surface area contributed by atoms with Crippen LogP contribution in [0.1, 0.15) is 27.2 Å². The molecule has 4 nitrogen and oxygen atoms in total. The van der Waals surface area contributed by atoms with Gasteiger partial charge in [0.2, 0.25) is 0 Å². The van der Waals surface area contributed by atoms with Crippen LogP contribution in [0.3, 0.4) is 0 Å². The van der Waals surface area contributed by atoms with E-state index in [9.17, 15) is 22.8 Å². The molecule has 0 aromatic carbocycles. The number of hydrogen-bond donors (Lipinski definition) is 0. The van der Waals surface area contributed by atoms with Crippen LogP contribution < -0.4 is 0 Å². The lowest BCUT2D eigenvalue weighted by Crippen LogP contribution is -2.53. The predicted molar refractivity (Wildman–Crippen MR) is 54.5 cm³/mol. The molecule has 0 radical (unpaired) electrons. The Labute approximate surface area is 102 Å². The van der Waals surface area contributed by atoms with Crippen LogP contribution in [0, 0.1) is 0 Å². The molecule has 1 saturated heterocycles. The summed E-state index contributed by atoms with van der Waals surface area (Å²) in [5, 5.41) is 0. The van der Waals surface area contributed by atoms with Crippen LogP contribution in [-0.4, -0.2) is 29.3 Å². The SMILES string of the molecule is C=C(C)C(=O)OC1(C(F)(F)F)CC(C)(C)OC1=O. The van der Waals surface area contributed by atoms with Crippen molar-refractivity contribution in [3.05, 3.63) is 12.2 Å². The summed E-state index contributed by atoms with van der Waals surface area (Å²) in [5.74, 6) is -2.88. The average Bonchev–Trinajstić information content (AvgIpc) is 2.35. The molecule has 1 unspecified atom stereocenters. The molecule has 1 aliphatic heterocycles. The molecule has 0 aromatic rings. The first-order valence-corrected chi connectivity index (χ1v) is 5.10. The highest BCUT2D eigenvalue weighted by Gasteiger charge is 2.71. The van der Waals surface area contributed by atoms with Crippen LogP contribution in [0.25, 0.3) is 0 Å². The van der Waals surface area contributed by atoms with Gasteiger partial charge in [-0.1, -0.05) is 6.58 Å². The predicted octanol–water partition coefficient (Wildman–Crippen LogP) is 2.13. The van der Waals surface area contributed by atoms with Gasteiger partial charge in [0.25, 0.3) is 0 Å². The lowest BCUT2D eigenvalue weighted by Gasteiger charge is -2.27. The molecule has 0 aliphatic carbocycles. The zero-order chi connectivity index (χ0) is 14.4. The van der Waals surface area contributed by atoms with Crippen molar-refractivity contribution in [2.24, 2.45) is 0 Å². The third-order valence-corrected chi connectivity index (χ3v) is 2.45. The highest BCUT2D eigenvalue weighted by Crippen LogP contribution is 2.47. The van der Waals surface area contributed by atoms with E-state index < -0.39 is 35.7 Å². The number of esters is 2. The summed E-state index contributed by atoms with van der Waals surface area (Å²) in [6.45, 7) is 6.99. The molecule has 7 heteroatoms. The number of ether oxygens (including phenoxy) is 2. The molecule has 1 aliphatic rings. The van der Waals surface area contributed by atoms with Crippen molar-refractivity contribution in [3.8, 4) is 0 Å². The van der Waals surface area contributed by atoms with E-state index >= 15 is 0 Å². The second-order valence-electron chi connectivity index (χ2n) is 4.82. The van der Waals surface area contributed by atoms with Crippen LogP contribution >= 0.6 is 0 Å². The maximum absolute atomic E-state index is 13.0. The lowest BCUT2D eigenvalue weighted by atomic mass is 9.92. The molecule has 0 saturated carbocycles. The Morgan fingerprint density at radius 2 is 1.94 bits per heavy atom. The fourth-order valence-electron chi connectivity index (χ4n) is 1.64. The van der Waals surface area contributed by atoms with Crippen LogP contribution in [0.5, 0.6) is 0 Å². The van der Waals surface area contributed by atoms with Crippen LogP contribution in [0.15, 0.2) is 12.2 Å². The van der Waals surface area contributed by atoms with E-state index in [-0.39, 0.29) is 5.57 Å². The molecular formula is C11H13F3O4. The van der Waals surface area contributed by atoms with Crippen LogP contribution in [0.2, 0.25) is 0 Å². The number of hydrogen-bond acceptors (Lipinski definition) is 4. The Morgan fingerprint density at radius 3 is 2.22 bits per heavy atom. The third-order valence-electron chi connectivity index (χ3n) is 2.45. The van der Waals surface area contributed by atoms with Gasteiger partial charge in [-0.3, -0.25) is 0 Å². The van der Waals surface area contributed by atoms with E-state index in [1.165, 1.54) is 20.8 Å². The summed E-state index contributed by atoms with van der Waals surface area (Å²) < 4.78 is 48.0. The van der Waals surface area contributed by atoms with Crippen molar-refractivity contribution in [1.82, 2.24) is 0 Å². The molecule has 1 heterocycles. The van der Waals surface area contributed by atoms with Gasteiger partial charge in [-0.2, -0.15) is 13.2 Å². The van der Waals surface area contributed by atoms with Crippen LogP contribution in [-0.2, 0) is 19.1 Å². The van der Waals surface area contributed by atoms with Crippen molar-refractivity contribution in [2.45, 2.75) is 44.6 Å². The summed E-state index contributed by atoms with van der Waals surface area (Å²) in [5.41, 5.74) is -4.81. The van der Waals surface area contributed by atoms with Gasteiger partial charge in [0.05, 0.1) is 0 Å². The molecule has 0 spiro atoms. The van der Waals surface area contributed by atoms with E-state index in [4.69, 9.17) is 0 Å². The van der Waals surface area contributed by atoms with Gasteiger partial charge in [-0.05, 0) is 20.8 Å². The molecular weight excluding hydrogens is 253 g/mol. The standard InChI is InChI=1S/C11H13F3O4/c1-6(2)7(15)17-10(11(12,13)14)5-9(3,4)18-8(10)16/h1,5H2,2-4H3. The largest absolute Gasteiger partial charge is 0.456 e. The van der Waals surface area contributed by atoms with Gasteiger partial charge in [0.15, 0.2) is 0 Å². The number of alkyl halides is 3. The highest BCUT2D eigenvalue weighted by molar-refractivity contribution is 5.92. The van der Waals surface area contributed by atoms with Gasteiger partial charge in [-0.25, -0.2) is 9.59 Å². The normalized spacial score (nSPS) is 26.7. The minimum absolute atomic E-state index is 0.226. The van der Waals surface area contributed by atoms with Gasteiger partial charge < -0.3 is 9.47 Å². The number of rotatable bonds is 2. The molecule has 1 fully saturated rings. The first kappa shape index (κ1) is 14.5. The number of carbonyl (C=O) groups excluding carboxylic acids is 2.